The molecule has 3 saturated carbocycles. The van der Waals surface area contributed by atoms with Gasteiger partial charge >= 0.3 is 0 Å². The molecule has 0 aromatic heterocycles. The Morgan fingerprint density at radius 2 is 0.842 bits per heavy atom. The summed E-state index contributed by atoms with van der Waals surface area (Å²) in [7, 11) is 0. The van der Waals surface area contributed by atoms with Crippen molar-refractivity contribution in [3.63, 3.8) is 0 Å². The van der Waals surface area contributed by atoms with Gasteiger partial charge in [0, 0.05) is 6.42 Å². The fourth-order valence-electron chi connectivity index (χ4n) is 14.7. The van der Waals surface area contributed by atoms with Crippen molar-refractivity contribution >= 4 is 5.91 Å². The summed E-state index contributed by atoms with van der Waals surface area (Å²) in [6.07, 6.45) is 31.1. The number of ether oxygens (including phenoxy) is 8. The Hall–Kier alpha value is -5.53. The number of fused-ring (bicyclic) bond motifs is 3. The molecule has 1 N–H and O–H groups in total. The molecule has 1 heterocycles. The van der Waals surface area contributed by atoms with Gasteiger partial charge in [-0.1, -0.05) is 311 Å². The molecule has 516 valence electrons. The highest BCUT2D eigenvalue weighted by Crippen LogP contribution is 2.53. The number of carbonyl (C=O) groups excluding carboxylic acids is 1. The van der Waals surface area contributed by atoms with Crippen molar-refractivity contribution in [1.82, 2.24) is 5.32 Å². The van der Waals surface area contributed by atoms with E-state index in [1.54, 1.807) is 0 Å². The summed E-state index contributed by atoms with van der Waals surface area (Å²) in [4.78, 5) is 14.9. The summed E-state index contributed by atoms with van der Waals surface area (Å²) >= 11 is 0. The maximum atomic E-state index is 14.9. The van der Waals surface area contributed by atoms with Gasteiger partial charge in [0.1, 0.15) is 30.5 Å². The zero-order valence-corrected chi connectivity index (χ0v) is 57.9. The number of rotatable bonds is 49. The smallest absolute Gasteiger partial charge is 0.220 e. The third kappa shape index (κ3) is 27.0. The van der Waals surface area contributed by atoms with Crippen LogP contribution >= 0.6 is 0 Å². The van der Waals surface area contributed by atoms with Gasteiger partial charge in [-0.05, 0) is 103 Å². The molecule has 95 heavy (non-hydrogen) atoms. The lowest BCUT2D eigenvalue weighted by atomic mass is 9.59. The molecule has 4 aliphatic rings. The van der Waals surface area contributed by atoms with Crippen LogP contribution < -0.4 is 5.32 Å². The van der Waals surface area contributed by atoms with Crippen molar-refractivity contribution in [3.8, 4) is 0 Å². The second kappa shape index (κ2) is 43.7. The lowest BCUT2D eigenvalue weighted by molar-refractivity contribution is -0.330. The number of unbranched alkanes of at least 4 members (excludes halogenated alkanes) is 18. The minimum atomic E-state index is -1.00. The quantitative estimate of drug-likeness (QED) is 0.0374. The summed E-state index contributed by atoms with van der Waals surface area (Å²) in [5.41, 5.74) is 6.87. The Morgan fingerprint density at radius 3 is 1.33 bits per heavy atom. The molecule has 10 nitrogen and oxygen atoms in total. The minimum absolute atomic E-state index is 0.0257. The molecule has 8 atom stereocenters. The Kier molecular flexibility index (Phi) is 33.9. The molecule has 3 aliphatic carbocycles. The summed E-state index contributed by atoms with van der Waals surface area (Å²) in [5.74, 6) is 0.999. The van der Waals surface area contributed by atoms with E-state index in [9.17, 15) is 4.79 Å². The van der Waals surface area contributed by atoms with Crippen molar-refractivity contribution < 1.29 is 42.7 Å². The Labute approximate surface area is 572 Å². The van der Waals surface area contributed by atoms with Crippen LogP contribution in [0.2, 0.25) is 0 Å². The molecule has 0 spiro atoms. The molecule has 10 rings (SSSR count). The highest BCUT2D eigenvalue weighted by atomic mass is 16.7. The van der Waals surface area contributed by atoms with E-state index in [0.717, 1.165) is 77.8 Å². The largest absolute Gasteiger partial charge is 0.374 e. The predicted molar refractivity (Wildman–Crippen MR) is 383 cm³/mol. The van der Waals surface area contributed by atoms with Crippen molar-refractivity contribution in [2.24, 2.45) is 11.3 Å². The third-order valence-electron chi connectivity index (χ3n) is 20.4. The Balaban J connectivity index is 0.973. The summed E-state index contributed by atoms with van der Waals surface area (Å²) in [5, 5.41) is 3.58. The lowest BCUT2D eigenvalue weighted by Gasteiger charge is -2.47. The average molecular weight is 1300 g/mol. The van der Waals surface area contributed by atoms with Crippen molar-refractivity contribution in [2.45, 2.75) is 282 Å². The zero-order chi connectivity index (χ0) is 65.5. The van der Waals surface area contributed by atoms with Crippen molar-refractivity contribution in [3.05, 3.63) is 215 Å². The molecule has 0 radical (unpaired) electrons. The van der Waals surface area contributed by atoms with Crippen LogP contribution in [-0.4, -0.2) is 68.1 Å². The number of hydrogen-bond acceptors (Lipinski definition) is 9. The number of nitrogens with one attached hydrogen (secondary N) is 1. The predicted octanol–water partition coefficient (Wildman–Crippen LogP) is 20.3. The van der Waals surface area contributed by atoms with Crippen LogP contribution in [0.1, 0.15) is 227 Å². The molecule has 1 aliphatic heterocycles. The highest BCUT2D eigenvalue weighted by molar-refractivity contribution is 5.76. The van der Waals surface area contributed by atoms with Gasteiger partial charge in [0.25, 0.3) is 0 Å². The van der Waals surface area contributed by atoms with Crippen LogP contribution in [0.4, 0.5) is 0 Å². The van der Waals surface area contributed by atoms with E-state index in [1.807, 2.05) is 84.9 Å². The minimum Gasteiger partial charge on any atom is -0.374 e. The fraction of sp³-hybridized carbons (Fsp3) is 0.565. The average Bonchev–Trinajstić information content (AvgIpc) is 0.830. The van der Waals surface area contributed by atoms with Gasteiger partial charge in [0.05, 0.1) is 65.0 Å². The van der Waals surface area contributed by atoms with Crippen LogP contribution in [0.15, 0.2) is 182 Å². The van der Waals surface area contributed by atoms with Gasteiger partial charge in [-0.15, -0.1) is 0 Å². The number of hydrogen-bond donors (Lipinski definition) is 1. The number of carbonyl (C=O) groups is 1. The first-order chi connectivity index (χ1) is 47.0. The number of benzene rings is 6. The third-order valence-corrected chi connectivity index (χ3v) is 20.4. The normalized spacial score (nSPS) is 21.1. The van der Waals surface area contributed by atoms with E-state index in [1.165, 1.54) is 141 Å². The topological polar surface area (TPSA) is 103 Å². The van der Waals surface area contributed by atoms with Gasteiger partial charge in [0.15, 0.2) is 6.29 Å². The molecule has 10 heteroatoms. The molecule has 4 fully saturated rings. The van der Waals surface area contributed by atoms with E-state index in [-0.39, 0.29) is 25.7 Å². The molecule has 0 unspecified atom stereocenters. The van der Waals surface area contributed by atoms with E-state index in [0.29, 0.717) is 44.9 Å². The SMILES string of the molecule is CCCCCCCCCCCCCC[C@@H](OCc1ccccc1)[C@@H](OCc1ccccc1)[C@H](CO[C@H]1O[C@H](COCc2ccccc2)[C@H](OCc2ccccc2)[C@H](OCc2ccccc2)[C@H]1OCc1ccccc1)NC(=O)CCCCCCCCCCC12CCC(CC1)CC2. The molecule has 1 amide bonds. The second-order valence-corrected chi connectivity index (χ2v) is 27.9. The van der Waals surface area contributed by atoms with Crippen molar-refractivity contribution in [1.29, 1.82) is 0 Å². The molecule has 2 bridgehead atoms. The second-order valence-electron chi connectivity index (χ2n) is 27.9. The summed E-state index contributed by atoms with van der Waals surface area (Å²) < 4.78 is 57.1. The van der Waals surface area contributed by atoms with E-state index in [2.05, 4.69) is 109 Å². The molecular weight excluding hydrogens is 1180 g/mol. The van der Waals surface area contributed by atoms with E-state index >= 15 is 0 Å². The van der Waals surface area contributed by atoms with Crippen LogP contribution in [0, 0.1) is 11.3 Å². The first kappa shape index (κ1) is 73.7. The molecule has 1 saturated heterocycles. The van der Waals surface area contributed by atoms with Crippen LogP contribution in [0.25, 0.3) is 0 Å². The zero-order valence-electron chi connectivity index (χ0n) is 57.9. The van der Waals surface area contributed by atoms with Gasteiger partial charge in [0.2, 0.25) is 5.91 Å². The maximum absolute atomic E-state index is 14.9. The molecule has 6 aromatic carbocycles. The van der Waals surface area contributed by atoms with E-state index in [4.69, 9.17) is 37.9 Å². The van der Waals surface area contributed by atoms with Crippen LogP contribution in [-0.2, 0) is 82.3 Å². The maximum Gasteiger partial charge on any atom is 0.220 e. The Bertz CT molecular complexity index is 2860. The van der Waals surface area contributed by atoms with E-state index < -0.39 is 49.0 Å². The monoisotopic (exact) mass is 1300 g/mol. The molecule has 6 aromatic rings. The molecular formula is C85H117NO9. The first-order valence-electron chi connectivity index (χ1n) is 37.4. The van der Waals surface area contributed by atoms with Crippen LogP contribution in [0.3, 0.4) is 0 Å². The lowest BCUT2D eigenvalue weighted by Crippen LogP contribution is -2.62. The van der Waals surface area contributed by atoms with Crippen molar-refractivity contribution in [2.75, 3.05) is 13.2 Å². The summed E-state index contributed by atoms with van der Waals surface area (Å²) in [6.45, 7) is 4.46. The number of amides is 1. The highest BCUT2D eigenvalue weighted by Gasteiger charge is 2.50. The van der Waals surface area contributed by atoms with Crippen LogP contribution in [0.5, 0.6) is 0 Å². The summed E-state index contributed by atoms with van der Waals surface area (Å²) in [6, 6.07) is 60.9. The standard InChI is InChI=1S/C85H117NO9/c1-2-3-4-5-6-7-8-9-10-13-16-37-52-77(89-62-71-42-27-20-28-43-71)80(90-63-72-44-29-21-30-45-72)76(86-79(87)53-38-17-14-11-12-15-18-39-57-85-58-54-69(55-59-85)56-60-85)67-94-84-83(93-66-75-50-35-24-36-51-75)82(92-65-74-48-33-23-34-49-74)81(91-64-73-46-31-22-32-47-73)78(95-84)68-88-61-70-40-25-19-26-41-70/h19-36,40-51,69,76-78,80-84H,2-18,37-39,52-68H2,1H3,(H,86,87)/t69?,76-,77+,78+,80-,81-,82-,83+,84-,85?/m0/s1. The first-order valence-corrected chi connectivity index (χ1v) is 37.4. The van der Waals surface area contributed by atoms with Gasteiger partial charge in [-0.2, -0.15) is 0 Å². The van der Waals surface area contributed by atoms with Gasteiger partial charge < -0.3 is 43.2 Å². The fourth-order valence-corrected chi connectivity index (χ4v) is 14.7. The Morgan fingerprint density at radius 1 is 0.442 bits per heavy atom. The van der Waals surface area contributed by atoms with Gasteiger partial charge in [-0.25, -0.2) is 0 Å². The van der Waals surface area contributed by atoms with Gasteiger partial charge in [-0.3, -0.25) is 4.79 Å².